The minimum Gasteiger partial charge on any atom is -0.373 e. The first-order chi connectivity index (χ1) is 11.3. The fourth-order valence-corrected chi connectivity index (χ4v) is 4.98. The van der Waals surface area contributed by atoms with Crippen LogP contribution in [0.5, 0.6) is 0 Å². The van der Waals surface area contributed by atoms with Crippen LogP contribution in [-0.2, 0) is 10.3 Å². The van der Waals surface area contributed by atoms with Crippen molar-refractivity contribution in [1.29, 1.82) is 0 Å². The van der Waals surface area contributed by atoms with E-state index in [2.05, 4.69) is 20.8 Å². The van der Waals surface area contributed by atoms with Gasteiger partial charge in [0, 0.05) is 38.6 Å². The second-order valence-corrected chi connectivity index (χ2v) is 7.50. The minimum atomic E-state index is -0.222. The molecule has 4 nitrogen and oxygen atoms in total. The second kappa shape index (κ2) is 5.89. The number of nitrogens with zero attached hydrogens (tertiary/aromatic N) is 3. The van der Waals surface area contributed by atoms with Gasteiger partial charge in [-0.05, 0) is 49.3 Å². The van der Waals surface area contributed by atoms with E-state index in [0.29, 0.717) is 17.7 Å². The summed E-state index contributed by atoms with van der Waals surface area (Å²) in [5.41, 5.74) is 0.947. The Morgan fingerprint density at radius 1 is 1.30 bits per heavy atom. The Morgan fingerprint density at radius 3 is 2.65 bits per heavy atom. The molecule has 23 heavy (non-hydrogen) atoms. The van der Waals surface area contributed by atoms with Gasteiger partial charge in [-0.15, -0.1) is 4.98 Å². The Labute approximate surface area is 138 Å². The summed E-state index contributed by atoms with van der Waals surface area (Å²) in [6, 6.07) is 4.03. The molecule has 2 bridgehead atoms. The summed E-state index contributed by atoms with van der Waals surface area (Å²) in [5.74, 6) is 2.48. The van der Waals surface area contributed by atoms with E-state index >= 15 is 0 Å². The van der Waals surface area contributed by atoms with Crippen LogP contribution >= 0.6 is 0 Å². The van der Waals surface area contributed by atoms with Gasteiger partial charge < -0.3 is 14.5 Å². The van der Waals surface area contributed by atoms with Crippen LogP contribution in [0.25, 0.3) is 4.85 Å². The number of aromatic nitrogens is 1. The zero-order valence-electron chi connectivity index (χ0n) is 13.9. The fourth-order valence-electron chi connectivity index (χ4n) is 4.98. The zero-order chi connectivity index (χ0) is 15.9. The molecule has 0 aromatic carbocycles. The van der Waals surface area contributed by atoms with Gasteiger partial charge in [0.2, 0.25) is 0 Å². The van der Waals surface area contributed by atoms with Crippen molar-refractivity contribution in [3.8, 4) is 0 Å². The van der Waals surface area contributed by atoms with E-state index in [1.165, 1.54) is 44.2 Å². The number of pyridine rings is 1. The highest BCUT2D eigenvalue weighted by atomic mass is 16.5. The number of fused-ring (bicyclic) bond motifs is 2. The van der Waals surface area contributed by atoms with Crippen LogP contribution in [0, 0.1) is 24.3 Å². The monoisotopic (exact) mass is 311 g/mol. The van der Waals surface area contributed by atoms with Crippen LogP contribution < -0.4 is 0 Å². The van der Waals surface area contributed by atoms with Gasteiger partial charge in [-0.3, -0.25) is 0 Å². The van der Waals surface area contributed by atoms with Gasteiger partial charge in [0.05, 0.1) is 5.60 Å². The van der Waals surface area contributed by atoms with Gasteiger partial charge in [-0.2, -0.15) is 0 Å². The molecule has 4 heteroatoms. The van der Waals surface area contributed by atoms with Gasteiger partial charge in [0.15, 0.2) is 0 Å². The fraction of sp³-hybridized carbons (Fsp3) is 0.684. The first-order valence-electron chi connectivity index (χ1n) is 8.87. The van der Waals surface area contributed by atoms with Gasteiger partial charge in [-0.25, -0.2) is 0 Å². The SMILES string of the molecule is [C-]#[N+]c1cc(C2(OC)C3CCCC2CN(CC2CC2)C3)ccn1. The lowest BCUT2D eigenvalue weighted by atomic mass is 9.62. The van der Waals surface area contributed by atoms with Crippen molar-refractivity contribution in [3.63, 3.8) is 0 Å². The molecular weight excluding hydrogens is 286 g/mol. The van der Waals surface area contributed by atoms with E-state index in [4.69, 9.17) is 11.3 Å². The first-order valence-corrected chi connectivity index (χ1v) is 8.87. The Kier molecular flexibility index (Phi) is 3.87. The molecule has 0 amide bonds. The zero-order valence-corrected chi connectivity index (χ0v) is 13.9. The molecule has 2 atom stereocenters. The first kappa shape index (κ1) is 15.1. The summed E-state index contributed by atoms with van der Waals surface area (Å²) in [4.78, 5) is 10.4. The third-order valence-electron chi connectivity index (χ3n) is 6.14. The average molecular weight is 311 g/mol. The summed E-state index contributed by atoms with van der Waals surface area (Å²) < 4.78 is 6.24. The number of piperidine rings is 1. The number of methoxy groups -OCH3 is 1. The maximum absolute atomic E-state index is 7.26. The molecule has 0 N–H and O–H groups in total. The van der Waals surface area contributed by atoms with E-state index in [9.17, 15) is 0 Å². The lowest BCUT2D eigenvalue weighted by Gasteiger charge is -2.55. The molecule has 122 valence electrons. The van der Waals surface area contributed by atoms with Crippen LogP contribution in [0.2, 0.25) is 0 Å². The predicted molar refractivity (Wildman–Crippen MR) is 89.2 cm³/mol. The van der Waals surface area contributed by atoms with E-state index in [1.54, 1.807) is 6.20 Å². The Bertz CT molecular complexity index is 605. The van der Waals surface area contributed by atoms with Crippen LogP contribution in [-0.4, -0.2) is 36.6 Å². The van der Waals surface area contributed by atoms with Crippen molar-refractivity contribution in [2.75, 3.05) is 26.7 Å². The molecule has 2 heterocycles. The van der Waals surface area contributed by atoms with Gasteiger partial charge in [0.1, 0.15) is 6.20 Å². The topological polar surface area (TPSA) is 29.7 Å². The molecule has 2 saturated carbocycles. The molecule has 0 radical (unpaired) electrons. The number of ether oxygens (including phenoxy) is 1. The lowest BCUT2D eigenvalue weighted by Crippen LogP contribution is -2.59. The summed E-state index contributed by atoms with van der Waals surface area (Å²) in [7, 11) is 1.86. The molecule has 1 saturated heterocycles. The van der Waals surface area contributed by atoms with Crippen molar-refractivity contribution in [3.05, 3.63) is 35.3 Å². The number of rotatable bonds is 4. The smallest absolute Gasteiger partial charge is 0.269 e. The highest BCUT2D eigenvalue weighted by molar-refractivity contribution is 5.41. The average Bonchev–Trinajstić information content (AvgIpc) is 3.38. The normalized spacial score (nSPS) is 34.1. The standard InChI is InChI=1S/C19H25N3O/c1-20-18-10-15(8-9-21-18)19(23-2)16-4-3-5-17(19)13-22(12-16)11-14-6-7-14/h8-10,14,16-17H,3-7,11-13H2,2H3. The van der Waals surface area contributed by atoms with Crippen molar-refractivity contribution >= 4 is 5.82 Å². The third-order valence-corrected chi connectivity index (χ3v) is 6.14. The number of hydrogen-bond acceptors (Lipinski definition) is 3. The molecule has 2 aliphatic carbocycles. The van der Waals surface area contributed by atoms with E-state index in [1.807, 2.05) is 13.2 Å². The van der Waals surface area contributed by atoms with Crippen LogP contribution in [0.3, 0.4) is 0 Å². The third kappa shape index (κ3) is 2.56. The molecule has 1 aromatic heterocycles. The molecule has 4 rings (SSSR count). The van der Waals surface area contributed by atoms with Crippen LogP contribution in [0.1, 0.15) is 37.7 Å². The minimum absolute atomic E-state index is 0.222. The Balaban J connectivity index is 1.67. The highest BCUT2D eigenvalue weighted by Gasteiger charge is 2.53. The maximum atomic E-state index is 7.26. The molecule has 3 aliphatic rings. The van der Waals surface area contributed by atoms with Crippen molar-refractivity contribution < 1.29 is 4.74 Å². The van der Waals surface area contributed by atoms with Gasteiger partial charge in [-0.1, -0.05) is 13.0 Å². The van der Waals surface area contributed by atoms with Crippen LogP contribution in [0.4, 0.5) is 5.82 Å². The highest BCUT2D eigenvalue weighted by Crippen LogP contribution is 2.52. The van der Waals surface area contributed by atoms with Gasteiger partial charge >= 0.3 is 0 Å². The maximum Gasteiger partial charge on any atom is 0.269 e. The molecule has 0 spiro atoms. The van der Waals surface area contributed by atoms with Gasteiger partial charge in [0.25, 0.3) is 5.82 Å². The lowest BCUT2D eigenvalue weighted by molar-refractivity contribution is -0.169. The van der Waals surface area contributed by atoms with Crippen molar-refractivity contribution in [2.45, 2.75) is 37.7 Å². The van der Waals surface area contributed by atoms with E-state index in [-0.39, 0.29) is 5.60 Å². The van der Waals surface area contributed by atoms with Crippen molar-refractivity contribution in [1.82, 2.24) is 9.88 Å². The summed E-state index contributed by atoms with van der Waals surface area (Å²) >= 11 is 0. The second-order valence-electron chi connectivity index (χ2n) is 7.50. The number of likely N-dealkylation sites (tertiary alicyclic amines) is 1. The van der Waals surface area contributed by atoms with Crippen LogP contribution in [0.15, 0.2) is 18.3 Å². The Hall–Kier alpha value is -1.44. The summed E-state index contributed by atoms with van der Waals surface area (Å²) in [6.45, 7) is 10.8. The molecule has 3 fully saturated rings. The summed E-state index contributed by atoms with van der Waals surface area (Å²) in [6.07, 6.45) is 8.36. The Morgan fingerprint density at radius 2 is 2.04 bits per heavy atom. The number of hydrogen-bond donors (Lipinski definition) is 0. The molecular formula is C19H25N3O. The largest absolute Gasteiger partial charge is 0.373 e. The van der Waals surface area contributed by atoms with Crippen molar-refractivity contribution in [2.24, 2.45) is 17.8 Å². The molecule has 1 aliphatic heterocycles. The van der Waals surface area contributed by atoms with E-state index < -0.39 is 0 Å². The molecule has 2 unspecified atom stereocenters. The summed E-state index contributed by atoms with van der Waals surface area (Å²) in [5, 5.41) is 0. The molecule has 1 aromatic rings. The predicted octanol–water partition coefficient (Wildman–Crippen LogP) is 3.62. The van der Waals surface area contributed by atoms with E-state index in [0.717, 1.165) is 19.0 Å². The quantitative estimate of drug-likeness (QED) is 0.796.